The number of aryl methyl sites for hydroxylation is 1. The van der Waals surface area contributed by atoms with Crippen LogP contribution in [0.5, 0.6) is 0 Å². The zero-order chi connectivity index (χ0) is 18.2. The van der Waals surface area contributed by atoms with Crippen LogP contribution >= 0.6 is 23.6 Å². The van der Waals surface area contributed by atoms with E-state index in [1.807, 2.05) is 6.92 Å². The molecule has 0 saturated heterocycles. The molecule has 2 N–H and O–H groups in total. The van der Waals surface area contributed by atoms with Crippen molar-refractivity contribution in [3.63, 3.8) is 0 Å². The van der Waals surface area contributed by atoms with Gasteiger partial charge in [-0.3, -0.25) is 0 Å². The maximum atomic E-state index is 12.6. The average Bonchev–Trinajstić information content (AvgIpc) is 2.89. The van der Waals surface area contributed by atoms with Crippen molar-refractivity contribution in [2.24, 2.45) is 0 Å². The Morgan fingerprint density at radius 1 is 1.16 bits per heavy atom. The van der Waals surface area contributed by atoms with Gasteiger partial charge in [0, 0.05) is 10.9 Å². The number of rotatable bonds is 6. The van der Waals surface area contributed by atoms with E-state index in [0.29, 0.717) is 23.3 Å². The van der Waals surface area contributed by atoms with Crippen molar-refractivity contribution in [2.75, 3.05) is 11.9 Å². The van der Waals surface area contributed by atoms with Crippen molar-refractivity contribution in [2.45, 2.75) is 78.2 Å². The third-order valence-electron chi connectivity index (χ3n) is 4.70. The highest BCUT2D eigenvalue weighted by Crippen LogP contribution is 2.37. The van der Waals surface area contributed by atoms with Crippen LogP contribution in [0, 0.1) is 0 Å². The zero-order valence-electron chi connectivity index (χ0n) is 15.6. The van der Waals surface area contributed by atoms with E-state index in [1.54, 1.807) is 11.3 Å². The molecule has 1 aromatic rings. The normalized spacial score (nSPS) is 14.4. The smallest absolute Gasteiger partial charge is 0.341 e. The molecule has 1 aliphatic rings. The molecule has 0 aliphatic heterocycles. The summed E-state index contributed by atoms with van der Waals surface area (Å²) in [5.41, 5.74) is 1.88. The molecule has 6 heteroatoms. The molecule has 25 heavy (non-hydrogen) atoms. The second-order valence-corrected chi connectivity index (χ2v) is 7.97. The predicted molar refractivity (Wildman–Crippen MR) is 110 cm³/mol. The number of carbonyl (C=O) groups is 1. The lowest BCUT2D eigenvalue weighted by Crippen LogP contribution is -2.37. The number of hydrogen-bond donors (Lipinski definition) is 2. The van der Waals surface area contributed by atoms with E-state index < -0.39 is 0 Å². The van der Waals surface area contributed by atoms with Gasteiger partial charge in [0.25, 0.3) is 0 Å². The van der Waals surface area contributed by atoms with E-state index in [-0.39, 0.29) is 5.97 Å². The predicted octanol–water partition coefficient (Wildman–Crippen LogP) is 5.06. The quantitative estimate of drug-likeness (QED) is 0.532. The molecule has 2 rings (SSSR count). The minimum absolute atomic E-state index is 0.228. The molecule has 0 atom stereocenters. The first kappa shape index (κ1) is 20.2. The lowest BCUT2D eigenvalue weighted by Gasteiger charge is -2.18. The molecule has 0 radical (unpaired) electrons. The summed E-state index contributed by atoms with van der Waals surface area (Å²) in [6.07, 6.45) is 8.85. The molecule has 0 aromatic carbocycles. The fourth-order valence-corrected chi connectivity index (χ4v) is 4.86. The van der Waals surface area contributed by atoms with Crippen molar-refractivity contribution < 1.29 is 9.53 Å². The largest absolute Gasteiger partial charge is 0.462 e. The number of anilines is 1. The van der Waals surface area contributed by atoms with Gasteiger partial charge in [0.05, 0.1) is 12.2 Å². The average molecular weight is 383 g/mol. The number of thiocarbonyl (C=S) groups is 1. The van der Waals surface area contributed by atoms with Gasteiger partial charge in [0.2, 0.25) is 0 Å². The Hall–Kier alpha value is -1.14. The maximum absolute atomic E-state index is 12.6. The van der Waals surface area contributed by atoms with Gasteiger partial charge in [0.1, 0.15) is 5.00 Å². The molecule has 0 fully saturated rings. The van der Waals surface area contributed by atoms with Gasteiger partial charge in [-0.2, -0.15) is 0 Å². The van der Waals surface area contributed by atoms with Gasteiger partial charge in [-0.1, -0.05) is 26.7 Å². The third kappa shape index (κ3) is 5.42. The Balaban J connectivity index is 2.27. The molecule has 0 unspecified atom stereocenters. The fourth-order valence-electron chi connectivity index (χ4n) is 3.24. The molecule has 0 spiro atoms. The van der Waals surface area contributed by atoms with Crippen LogP contribution in [-0.4, -0.2) is 23.7 Å². The van der Waals surface area contributed by atoms with Gasteiger partial charge in [-0.25, -0.2) is 4.79 Å². The molecule has 1 heterocycles. The van der Waals surface area contributed by atoms with Gasteiger partial charge >= 0.3 is 5.97 Å². The Morgan fingerprint density at radius 3 is 2.48 bits per heavy atom. The lowest BCUT2D eigenvalue weighted by molar-refractivity contribution is 0.0526. The van der Waals surface area contributed by atoms with Crippen molar-refractivity contribution in [1.29, 1.82) is 0 Å². The Kier molecular flexibility index (Phi) is 8.16. The summed E-state index contributed by atoms with van der Waals surface area (Å²) in [6.45, 7) is 6.52. The van der Waals surface area contributed by atoms with E-state index in [4.69, 9.17) is 17.0 Å². The molecular weight excluding hydrogens is 352 g/mol. The summed E-state index contributed by atoms with van der Waals surface area (Å²) >= 11 is 7.15. The first-order chi connectivity index (χ1) is 12.1. The topological polar surface area (TPSA) is 50.4 Å². The highest BCUT2D eigenvalue weighted by molar-refractivity contribution is 7.80. The first-order valence-electron chi connectivity index (χ1n) is 9.49. The summed E-state index contributed by atoms with van der Waals surface area (Å²) < 4.78 is 5.33. The molecule has 1 aliphatic carbocycles. The van der Waals surface area contributed by atoms with E-state index in [2.05, 4.69) is 24.5 Å². The summed E-state index contributed by atoms with van der Waals surface area (Å²) in [6, 6.07) is 0.354. The van der Waals surface area contributed by atoms with Crippen molar-refractivity contribution in [1.82, 2.24) is 5.32 Å². The molecule has 0 amide bonds. The fraction of sp³-hybridized carbons (Fsp3) is 0.684. The van der Waals surface area contributed by atoms with Gasteiger partial charge in [-0.05, 0) is 63.2 Å². The van der Waals surface area contributed by atoms with E-state index in [0.717, 1.165) is 37.1 Å². The zero-order valence-corrected chi connectivity index (χ0v) is 17.2. The number of nitrogens with one attached hydrogen (secondary N) is 2. The standard InChI is InChI=1S/C19H30N2O2S2/c1-4-13(5-2)20-19(24)21-17-16(18(22)23-6-3)14-11-9-7-8-10-12-15(14)25-17/h13H,4-12H2,1-3H3,(H2,20,21,24). The highest BCUT2D eigenvalue weighted by Gasteiger charge is 2.25. The van der Waals surface area contributed by atoms with E-state index in [9.17, 15) is 4.79 Å². The first-order valence-corrected chi connectivity index (χ1v) is 10.7. The van der Waals surface area contributed by atoms with E-state index in [1.165, 1.54) is 29.7 Å². The van der Waals surface area contributed by atoms with Gasteiger partial charge in [0.15, 0.2) is 5.11 Å². The minimum Gasteiger partial charge on any atom is -0.462 e. The minimum atomic E-state index is -0.228. The van der Waals surface area contributed by atoms with Crippen LogP contribution < -0.4 is 10.6 Å². The van der Waals surface area contributed by atoms with Crippen molar-refractivity contribution >= 4 is 39.6 Å². The lowest BCUT2D eigenvalue weighted by atomic mass is 9.96. The highest BCUT2D eigenvalue weighted by atomic mass is 32.1. The van der Waals surface area contributed by atoms with Crippen LogP contribution in [0.3, 0.4) is 0 Å². The van der Waals surface area contributed by atoms with Crippen LogP contribution in [0.25, 0.3) is 0 Å². The van der Waals surface area contributed by atoms with E-state index >= 15 is 0 Å². The molecule has 1 aromatic heterocycles. The maximum Gasteiger partial charge on any atom is 0.341 e. The molecule has 140 valence electrons. The van der Waals surface area contributed by atoms with Gasteiger partial charge < -0.3 is 15.4 Å². The Labute approximate surface area is 160 Å². The second kappa shape index (κ2) is 10.1. The van der Waals surface area contributed by atoms with Crippen LogP contribution in [0.15, 0.2) is 0 Å². The monoisotopic (exact) mass is 382 g/mol. The van der Waals surface area contributed by atoms with Crippen LogP contribution in [0.1, 0.15) is 80.1 Å². The van der Waals surface area contributed by atoms with Crippen molar-refractivity contribution in [3.8, 4) is 0 Å². The number of carbonyl (C=O) groups excluding carboxylic acids is 1. The molecular formula is C19H30N2O2S2. The summed E-state index contributed by atoms with van der Waals surface area (Å²) in [5, 5.41) is 8.06. The number of fused-ring (bicyclic) bond motifs is 1. The van der Waals surface area contributed by atoms with Crippen LogP contribution in [0.2, 0.25) is 0 Å². The second-order valence-electron chi connectivity index (χ2n) is 6.45. The SMILES string of the molecule is CCOC(=O)c1c(NC(=S)NC(CC)CC)sc2c1CCCCCC2. The Bertz CT molecular complexity index is 594. The van der Waals surface area contributed by atoms with Gasteiger partial charge in [-0.15, -0.1) is 11.3 Å². The van der Waals surface area contributed by atoms with Crippen LogP contribution in [0.4, 0.5) is 5.00 Å². The molecule has 4 nitrogen and oxygen atoms in total. The number of thiophene rings is 1. The summed E-state index contributed by atoms with van der Waals surface area (Å²) in [7, 11) is 0. The summed E-state index contributed by atoms with van der Waals surface area (Å²) in [4.78, 5) is 13.9. The Morgan fingerprint density at radius 2 is 1.84 bits per heavy atom. The summed E-state index contributed by atoms with van der Waals surface area (Å²) in [5.74, 6) is -0.228. The third-order valence-corrected chi connectivity index (χ3v) is 6.13. The number of hydrogen-bond acceptors (Lipinski definition) is 4. The molecule has 0 saturated carbocycles. The van der Waals surface area contributed by atoms with Crippen molar-refractivity contribution in [3.05, 3.63) is 16.0 Å². The number of ether oxygens (including phenoxy) is 1. The number of esters is 1. The van der Waals surface area contributed by atoms with Crippen LogP contribution in [-0.2, 0) is 17.6 Å². The molecule has 0 bridgehead atoms.